The molecule has 0 fully saturated rings. The normalized spacial score (nSPS) is 16.2. The second-order valence-electron chi connectivity index (χ2n) is 5.85. The smallest absolute Gasteiger partial charge is 0.123 e. The van der Waals surface area contributed by atoms with E-state index in [4.69, 9.17) is 9.47 Å². The van der Waals surface area contributed by atoms with E-state index in [2.05, 4.69) is 71.1 Å². The first-order valence-electron chi connectivity index (χ1n) is 7.70. The Kier molecular flexibility index (Phi) is 3.89. The molecular weight excluding hydrogens is 399 g/mol. The Bertz CT molecular complexity index is 873. The summed E-state index contributed by atoms with van der Waals surface area (Å²) < 4.78 is 12.3. The van der Waals surface area contributed by atoms with Gasteiger partial charge in [-0.1, -0.05) is 52.9 Å². The number of methoxy groups -OCH3 is 1. The number of ether oxygens (including phenoxy) is 2. The molecule has 1 unspecified atom stereocenters. The van der Waals surface area contributed by atoms with E-state index in [1.165, 1.54) is 27.5 Å². The van der Waals surface area contributed by atoms with Crippen molar-refractivity contribution in [2.45, 2.75) is 12.5 Å². The Balaban J connectivity index is 1.72. The van der Waals surface area contributed by atoms with Gasteiger partial charge in [0.25, 0.3) is 0 Å². The van der Waals surface area contributed by atoms with E-state index in [9.17, 15) is 0 Å². The molecule has 3 heteroatoms. The monoisotopic (exact) mass is 416 g/mol. The third kappa shape index (κ3) is 2.78. The van der Waals surface area contributed by atoms with Gasteiger partial charge in [-0.2, -0.15) is 0 Å². The summed E-state index contributed by atoms with van der Waals surface area (Å²) in [4.78, 5) is 0. The zero-order valence-corrected chi connectivity index (χ0v) is 15.0. The molecule has 1 aliphatic rings. The van der Waals surface area contributed by atoms with Crippen molar-refractivity contribution < 1.29 is 9.47 Å². The second-order valence-corrected chi connectivity index (χ2v) is 6.73. The molecule has 0 spiro atoms. The topological polar surface area (TPSA) is 18.5 Å². The van der Waals surface area contributed by atoms with E-state index >= 15 is 0 Å². The molecule has 23 heavy (non-hydrogen) atoms. The fourth-order valence-corrected chi connectivity index (χ4v) is 3.59. The van der Waals surface area contributed by atoms with Gasteiger partial charge in [-0.3, -0.25) is 0 Å². The van der Waals surface area contributed by atoms with Gasteiger partial charge in [0.1, 0.15) is 17.6 Å². The molecule has 0 aliphatic carbocycles. The Morgan fingerprint density at radius 3 is 2.57 bits per heavy atom. The number of fused-ring (bicyclic) bond motifs is 2. The molecule has 0 saturated heterocycles. The minimum absolute atomic E-state index is 0.324. The highest BCUT2D eigenvalue weighted by Gasteiger charge is 2.22. The Hall–Kier alpha value is -1.75. The van der Waals surface area contributed by atoms with Crippen LogP contribution in [-0.4, -0.2) is 17.6 Å². The van der Waals surface area contributed by atoms with E-state index in [1.807, 2.05) is 6.07 Å². The maximum Gasteiger partial charge on any atom is 0.123 e. The molecule has 0 N–H and O–H groups in total. The van der Waals surface area contributed by atoms with Gasteiger partial charge in [0.2, 0.25) is 0 Å². The first-order valence-corrected chi connectivity index (χ1v) is 9.23. The van der Waals surface area contributed by atoms with E-state index in [0.29, 0.717) is 6.10 Å². The van der Waals surface area contributed by atoms with Crippen LogP contribution >= 0.6 is 22.6 Å². The van der Waals surface area contributed by atoms with Crippen LogP contribution in [0.15, 0.2) is 54.6 Å². The highest BCUT2D eigenvalue weighted by Crippen LogP contribution is 2.35. The minimum Gasteiger partial charge on any atom is -0.497 e. The number of benzene rings is 3. The highest BCUT2D eigenvalue weighted by atomic mass is 127. The molecule has 1 heterocycles. The summed E-state index contributed by atoms with van der Waals surface area (Å²) in [6.07, 6.45) is 1.35. The number of hydrogen-bond acceptors (Lipinski definition) is 2. The number of halogens is 1. The molecule has 2 nitrogen and oxygen atoms in total. The summed E-state index contributed by atoms with van der Waals surface area (Å²) in [7, 11) is 1.70. The van der Waals surface area contributed by atoms with E-state index in [-0.39, 0.29) is 0 Å². The van der Waals surface area contributed by atoms with E-state index < -0.39 is 0 Å². The third-order valence-corrected chi connectivity index (χ3v) is 5.34. The molecule has 116 valence electrons. The van der Waals surface area contributed by atoms with Gasteiger partial charge < -0.3 is 9.47 Å². The Labute approximate surface area is 149 Å². The molecule has 4 rings (SSSR count). The fourth-order valence-electron chi connectivity index (χ4n) is 3.10. The number of alkyl halides is 1. The van der Waals surface area contributed by atoms with Gasteiger partial charge in [0.05, 0.1) is 7.11 Å². The lowest BCUT2D eigenvalue weighted by atomic mass is 9.99. The molecular formula is C20H17IO2. The average Bonchev–Trinajstić information content (AvgIpc) is 3.03. The maximum atomic E-state index is 6.01. The van der Waals surface area contributed by atoms with Crippen molar-refractivity contribution in [1.29, 1.82) is 0 Å². The van der Waals surface area contributed by atoms with Crippen molar-refractivity contribution in [1.82, 2.24) is 0 Å². The highest BCUT2D eigenvalue weighted by molar-refractivity contribution is 14.1. The predicted octanol–water partition coefficient (Wildman–Crippen LogP) is 5.25. The Morgan fingerprint density at radius 2 is 1.74 bits per heavy atom. The number of rotatable bonds is 3. The van der Waals surface area contributed by atoms with Crippen LogP contribution in [0.1, 0.15) is 5.56 Å². The summed E-state index contributed by atoms with van der Waals surface area (Å²) in [5.41, 5.74) is 3.74. The quantitative estimate of drug-likeness (QED) is 0.429. The van der Waals surface area contributed by atoms with Crippen LogP contribution in [0.3, 0.4) is 0 Å². The molecule has 0 saturated carbocycles. The van der Waals surface area contributed by atoms with Crippen LogP contribution in [0.5, 0.6) is 11.5 Å². The van der Waals surface area contributed by atoms with Crippen molar-refractivity contribution in [3.8, 4) is 22.6 Å². The summed E-state index contributed by atoms with van der Waals surface area (Å²) in [6, 6.07) is 19.3. The van der Waals surface area contributed by atoms with Crippen LogP contribution in [0, 0.1) is 0 Å². The predicted molar refractivity (Wildman–Crippen MR) is 103 cm³/mol. The van der Waals surface area contributed by atoms with Crippen molar-refractivity contribution in [3.63, 3.8) is 0 Å². The second kappa shape index (κ2) is 6.04. The third-order valence-electron chi connectivity index (χ3n) is 4.36. The molecule has 1 atom stereocenters. The molecule has 3 aromatic rings. The lowest BCUT2D eigenvalue weighted by Gasteiger charge is -2.08. The van der Waals surface area contributed by atoms with Crippen molar-refractivity contribution in [2.75, 3.05) is 11.5 Å². The summed E-state index contributed by atoms with van der Waals surface area (Å²) in [6.45, 7) is 0. The van der Waals surface area contributed by atoms with Crippen LogP contribution in [0.2, 0.25) is 0 Å². The minimum atomic E-state index is 0.324. The molecule has 3 aromatic carbocycles. The standard InChI is InChI=1S/C20H17IO2/c1-22-18-7-6-14-8-13(2-3-15(14)9-18)16-4-5-17-10-19(12-21)23-20(17)11-16/h2-9,11,19H,10,12H2,1H3. The van der Waals surface area contributed by atoms with E-state index in [0.717, 1.165) is 22.3 Å². The van der Waals surface area contributed by atoms with Crippen LogP contribution in [-0.2, 0) is 6.42 Å². The first kappa shape index (κ1) is 14.8. The summed E-state index contributed by atoms with van der Waals surface area (Å²) >= 11 is 2.39. The zero-order valence-electron chi connectivity index (χ0n) is 12.9. The summed E-state index contributed by atoms with van der Waals surface area (Å²) in [5.74, 6) is 1.93. The van der Waals surface area contributed by atoms with E-state index in [1.54, 1.807) is 7.11 Å². The molecule has 1 aliphatic heterocycles. The van der Waals surface area contributed by atoms with Gasteiger partial charge in [0, 0.05) is 10.8 Å². The van der Waals surface area contributed by atoms with Gasteiger partial charge in [-0.25, -0.2) is 0 Å². The number of hydrogen-bond donors (Lipinski definition) is 0. The van der Waals surface area contributed by atoms with Crippen LogP contribution in [0.4, 0.5) is 0 Å². The fraction of sp³-hybridized carbons (Fsp3) is 0.200. The van der Waals surface area contributed by atoms with Crippen LogP contribution < -0.4 is 9.47 Å². The van der Waals surface area contributed by atoms with Crippen molar-refractivity contribution >= 4 is 33.4 Å². The molecule has 0 bridgehead atoms. The lowest BCUT2D eigenvalue weighted by Crippen LogP contribution is -2.13. The summed E-state index contributed by atoms with van der Waals surface area (Å²) in [5, 5.41) is 2.41. The Morgan fingerprint density at radius 1 is 1.00 bits per heavy atom. The zero-order chi connectivity index (χ0) is 15.8. The van der Waals surface area contributed by atoms with Gasteiger partial charge >= 0.3 is 0 Å². The van der Waals surface area contributed by atoms with Gasteiger partial charge in [0.15, 0.2) is 0 Å². The molecule has 0 amide bonds. The average molecular weight is 416 g/mol. The van der Waals surface area contributed by atoms with Crippen molar-refractivity contribution in [2.24, 2.45) is 0 Å². The first-order chi connectivity index (χ1) is 11.3. The van der Waals surface area contributed by atoms with Crippen LogP contribution in [0.25, 0.3) is 21.9 Å². The van der Waals surface area contributed by atoms with Crippen molar-refractivity contribution in [3.05, 3.63) is 60.2 Å². The SMILES string of the molecule is COc1ccc2cc(-c3ccc4c(c3)OC(CI)C4)ccc2c1. The largest absolute Gasteiger partial charge is 0.497 e. The van der Waals surface area contributed by atoms with Gasteiger partial charge in [-0.05, 0) is 51.7 Å². The molecule has 0 aromatic heterocycles. The van der Waals surface area contributed by atoms with Gasteiger partial charge in [-0.15, -0.1) is 0 Å². The lowest BCUT2D eigenvalue weighted by molar-refractivity contribution is 0.262. The maximum absolute atomic E-state index is 6.01. The molecule has 0 radical (unpaired) electrons.